The standard InChI is InChI=1S/C42H70N2O7/c1-10-43-19-15-26(36(43)46)44-20-21-49-31(23-44)51-30-14-16-41-24-42(41)18-17-39(8)32-25(3)22-27(35(48-11-2)38(6,7)47)50-33(32)34(45)40(39,9)29(42)13-12-28(41)37(30,4)5/h25-35,45,47H,10-24H2,1-9H3/t25-,26?,27-,28+,29+,30+,31+,32+,33+,34+,35+,39-,40-,41-,42+/m1/s1. The van der Waals surface area contributed by atoms with Gasteiger partial charge in [0.25, 0.3) is 0 Å². The molecular formula is C42H70N2O7. The SMILES string of the molecule is CCO[C@@H]([C@H]1C[C@@H](C)[C@H]2[C@H](O1)[C@H](O)[C@@]1(C)[C@@H]3CC[C@H]4C(C)(C)[C@@H](O[C@H]5CN(C6CCN(CC)C6=O)CCO5)CC[C@@]45C[C@@]35CC[C@]21C)C(C)(C)O. The third-order valence-corrected chi connectivity index (χ3v) is 17.6. The molecule has 0 bridgehead atoms. The van der Waals surface area contributed by atoms with Crippen molar-refractivity contribution in [3.63, 3.8) is 0 Å². The number of hydrogen-bond acceptors (Lipinski definition) is 8. The first-order chi connectivity index (χ1) is 24.0. The van der Waals surface area contributed by atoms with Crippen LogP contribution in [0.1, 0.15) is 120 Å². The molecule has 3 aliphatic heterocycles. The highest BCUT2D eigenvalue weighted by Crippen LogP contribution is 2.89. The molecule has 0 aromatic carbocycles. The number of nitrogens with zero attached hydrogens (tertiary/aromatic N) is 2. The van der Waals surface area contributed by atoms with Crippen molar-refractivity contribution in [3.8, 4) is 0 Å². The number of fused-ring (bicyclic) bond motifs is 4. The molecule has 8 aliphatic rings. The predicted molar refractivity (Wildman–Crippen MR) is 195 cm³/mol. The maximum Gasteiger partial charge on any atom is 0.239 e. The number of aliphatic hydroxyl groups excluding tert-OH is 1. The van der Waals surface area contributed by atoms with Crippen molar-refractivity contribution >= 4 is 5.91 Å². The lowest BCUT2D eigenvalue weighted by atomic mass is 9.41. The van der Waals surface area contributed by atoms with Gasteiger partial charge in [0, 0.05) is 31.7 Å². The third kappa shape index (κ3) is 5.06. The predicted octanol–water partition coefficient (Wildman–Crippen LogP) is 5.64. The highest BCUT2D eigenvalue weighted by Gasteiger charge is 2.84. The van der Waals surface area contributed by atoms with E-state index < -0.39 is 17.8 Å². The van der Waals surface area contributed by atoms with E-state index >= 15 is 0 Å². The number of rotatable bonds is 8. The van der Waals surface area contributed by atoms with Gasteiger partial charge in [0.05, 0.1) is 49.2 Å². The Kier molecular flexibility index (Phi) is 8.99. The number of morpholine rings is 1. The van der Waals surface area contributed by atoms with Gasteiger partial charge in [-0.25, -0.2) is 0 Å². The van der Waals surface area contributed by atoms with E-state index in [1.54, 1.807) is 0 Å². The Labute approximate surface area is 307 Å². The summed E-state index contributed by atoms with van der Waals surface area (Å²) in [6.45, 7) is 24.2. The van der Waals surface area contributed by atoms with Crippen LogP contribution in [0.25, 0.3) is 0 Å². The van der Waals surface area contributed by atoms with E-state index in [1.165, 1.54) is 25.7 Å². The second-order valence-electron chi connectivity index (χ2n) is 20.2. The average molecular weight is 715 g/mol. The number of hydrogen-bond donors (Lipinski definition) is 2. The summed E-state index contributed by atoms with van der Waals surface area (Å²) in [4.78, 5) is 17.3. The summed E-state index contributed by atoms with van der Waals surface area (Å²) in [6, 6.07) is -0.0378. The molecule has 3 heterocycles. The van der Waals surface area contributed by atoms with Gasteiger partial charge < -0.3 is 34.1 Å². The molecule has 51 heavy (non-hydrogen) atoms. The second-order valence-corrected chi connectivity index (χ2v) is 20.2. The van der Waals surface area contributed by atoms with Crippen LogP contribution in [-0.2, 0) is 23.7 Å². The maximum atomic E-state index is 13.0. The lowest BCUT2D eigenvalue weighted by molar-refractivity contribution is -0.250. The van der Waals surface area contributed by atoms with Crippen LogP contribution in [0.15, 0.2) is 0 Å². The molecule has 0 aromatic heterocycles. The summed E-state index contributed by atoms with van der Waals surface area (Å²) < 4.78 is 26.3. The van der Waals surface area contributed by atoms with Gasteiger partial charge in [0.1, 0.15) is 6.10 Å². The minimum atomic E-state index is -1.02. The molecule has 5 aliphatic carbocycles. The molecule has 9 heteroatoms. The summed E-state index contributed by atoms with van der Waals surface area (Å²) >= 11 is 0. The summed E-state index contributed by atoms with van der Waals surface area (Å²) in [7, 11) is 0. The molecule has 0 radical (unpaired) electrons. The Morgan fingerprint density at radius 1 is 1.00 bits per heavy atom. The molecule has 2 spiro atoms. The van der Waals surface area contributed by atoms with E-state index in [0.29, 0.717) is 48.8 Å². The number of carbonyl (C=O) groups is 1. The van der Waals surface area contributed by atoms with Gasteiger partial charge >= 0.3 is 0 Å². The minimum Gasteiger partial charge on any atom is -0.390 e. The Balaban J connectivity index is 0.998. The number of likely N-dealkylation sites (tertiary alicyclic amines) is 1. The Morgan fingerprint density at radius 3 is 2.41 bits per heavy atom. The Bertz CT molecular complexity index is 1350. The van der Waals surface area contributed by atoms with E-state index in [4.69, 9.17) is 18.9 Å². The normalized spacial score (nSPS) is 51.3. The zero-order valence-corrected chi connectivity index (χ0v) is 33.3. The number of likely N-dealkylation sites (N-methyl/N-ethyl adjacent to an activating group) is 1. The zero-order valence-electron chi connectivity index (χ0n) is 33.3. The molecule has 5 saturated carbocycles. The zero-order chi connectivity index (χ0) is 36.5. The van der Waals surface area contributed by atoms with Gasteiger partial charge in [-0.05, 0) is 131 Å². The Morgan fingerprint density at radius 2 is 1.73 bits per heavy atom. The van der Waals surface area contributed by atoms with Crippen LogP contribution in [0.2, 0.25) is 0 Å². The van der Waals surface area contributed by atoms with E-state index in [-0.39, 0.29) is 58.2 Å². The summed E-state index contributed by atoms with van der Waals surface area (Å²) in [5.74, 6) is 1.99. The summed E-state index contributed by atoms with van der Waals surface area (Å²) in [5.41, 5.74) is -0.651. The first kappa shape index (κ1) is 37.1. The van der Waals surface area contributed by atoms with E-state index in [9.17, 15) is 15.0 Å². The van der Waals surface area contributed by atoms with Crippen molar-refractivity contribution in [1.29, 1.82) is 0 Å². The third-order valence-electron chi connectivity index (χ3n) is 17.6. The molecule has 0 aromatic rings. The van der Waals surface area contributed by atoms with Crippen LogP contribution >= 0.6 is 0 Å². The second kappa shape index (κ2) is 12.3. The molecule has 15 atom stereocenters. The van der Waals surface area contributed by atoms with Gasteiger partial charge in [-0.15, -0.1) is 0 Å². The number of aliphatic hydroxyl groups is 2. The highest BCUT2D eigenvalue weighted by molar-refractivity contribution is 5.84. The van der Waals surface area contributed by atoms with Gasteiger partial charge in [-0.1, -0.05) is 34.6 Å². The molecular weight excluding hydrogens is 644 g/mol. The maximum absolute atomic E-state index is 13.0. The molecule has 1 amide bonds. The topological polar surface area (TPSA) is 101 Å². The number of ether oxygens (including phenoxy) is 4. The number of amides is 1. The van der Waals surface area contributed by atoms with Crippen molar-refractivity contribution in [2.75, 3.05) is 39.4 Å². The van der Waals surface area contributed by atoms with Crippen LogP contribution in [0.5, 0.6) is 0 Å². The van der Waals surface area contributed by atoms with Crippen molar-refractivity contribution in [2.45, 2.75) is 169 Å². The fraction of sp³-hybridized carbons (Fsp3) is 0.976. The monoisotopic (exact) mass is 715 g/mol. The van der Waals surface area contributed by atoms with Crippen LogP contribution in [0, 0.1) is 50.7 Å². The lowest BCUT2D eigenvalue weighted by Gasteiger charge is -2.64. The number of carbonyl (C=O) groups excluding carboxylic acids is 1. The van der Waals surface area contributed by atoms with E-state index in [0.717, 1.165) is 51.7 Å². The van der Waals surface area contributed by atoms with Crippen LogP contribution in [0.3, 0.4) is 0 Å². The largest absolute Gasteiger partial charge is 0.390 e. The van der Waals surface area contributed by atoms with Gasteiger partial charge in [-0.3, -0.25) is 9.69 Å². The van der Waals surface area contributed by atoms with Gasteiger partial charge in [0.2, 0.25) is 5.91 Å². The van der Waals surface area contributed by atoms with Crippen LogP contribution in [0.4, 0.5) is 0 Å². The van der Waals surface area contributed by atoms with Crippen molar-refractivity contribution in [3.05, 3.63) is 0 Å². The molecule has 2 N–H and O–H groups in total. The molecule has 8 fully saturated rings. The van der Waals surface area contributed by atoms with Gasteiger partial charge in [0.15, 0.2) is 6.29 Å². The smallest absolute Gasteiger partial charge is 0.239 e. The first-order valence-electron chi connectivity index (χ1n) is 21.0. The molecule has 9 nitrogen and oxygen atoms in total. The lowest BCUT2D eigenvalue weighted by Crippen LogP contribution is -2.60. The summed E-state index contributed by atoms with van der Waals surface area (Å²) in [6.07, 6.45) is 8.41. The van der Waals surface area contributed by atoms with Crippen molar-refractivity contribution < 1.29 is 34.0 Å². The van der Waals surface area contributed by atoms with Crippen molar-refractivity contribution in [2.24, 2.45) is 50.7 Å². The molecule has 8 rings (SSSR count). The molecule has 1 unspecified atom stereocenters. The van der Waals surface area contributed by atoms with E-state index in [2.05, 4.69) is 46.4 Å². The van der Waals surface area contributed by atoms with Crippen LogP contribution in [-0.4, -0.2) is 114 Å². The highest BCUT2D eigenvalue weighted by atomic mass is 16.7. The minimum absolute atomic E-state index is 0.00126. The Hall–Kier alpha value is -0.810. The molecule has 3 saturated heterocycles. The first-order valence-corrected chi connectivity index (χ1v) is 21.0. The van der Waals surface area contributed by atoms with Crippen molar-refractivity contribution in [1.82, 2.24) is 9.80 Å². The molecule has 290 valence electrons. The fourth-order valence-corrected chi connectivity index (χ4v) is 15.3. The summed E-state index contributed by atoms with van der Waals surface area (Å²) in [5, 5.41) is 23.7. The quantitative estimate of drug-likeness (QED) is 0.334. The van der Waals surface area contributed by atoms with E-state index in [1.807, 2.05) is 25.7 Å². The van der Waals surface area contributed by atoms with Crippen LogP contribution < -0.4 is 0 Å². The fourth-order valence-electron chi connectivity index (χ4n) is 15.3. The average Bonchev–Trinajstić information content (AvgIpc) is 3.53. The van der Waals surface area contributed by atoms with Gasteiger partial charge in [-0.2, -0.15) is 0 Å².